The summed E-state index contributed by atoms with van der Waals surface area (Å²) in [6, 6.07) is 5.64. The standard InChI is InChI=1S/C34H42O22/c1-49-31-23(42)19-13(38)5-11(51-33-28(47)26(45)22(41)18(56-33)9-50-32-27(46)24(43)20(39)16(7-35)54-32)6-15(19)52-30(31)10-2-3-14(12(37)4-10)53-34-29(48)25(44)21(40)17(8-36)55-34/h2-6,16-18,20-22,24-29,32-41,43-48H,7-9H2,1H3/t16-,17-,18-,20-,21-,22-,24+,25+,26+,27-,28-,29-,32-,33-,34+/m1/s1. The number of ether oxygens (including phenoxy) is 7. The van der Waals surface area contributed by atoms with Crippen LogP contribution in [0.15, 0.2) is 39.5 Å². The maximum atomic E-state index is 13.5. The van der Waals surface area contributed by atoms with E-state index in [1.165, 1.54) is 12.1 Å². The lowest BCUT2D eigenvalue weighted by atomic mass is 9.98. The summed E-state index contributed by atoms with van der Waals surface area (Å²) in [6.07, 6.45) is -25.1. The molecular weight excluding hydrogens is 760 g/mol. The predicted octanol–water partition coefficient (Wildman–Crippen LogP) is -4.94. The molecule has 1 aromatic heterocycles. The third kappa shape index (κ3) is 7.83. The summed E-state index contributed by atoms with van der Waals surface area (Å²) < 4.78 is 44.0. The molecular formula is C34H42O22. The molecule has 22 heteroatoms. The zero-order valence-corrected chi connectivity index (χ0v) is 29.2. The lowest BCUT2D eigenvalue weighted by Gasteiger charge is -2.42. The van der Waals surface area contributed by atoms with Crippen molar-refractivity contribution in [1.29, 1.82) is 0 Å². The Kier molecular flexibility index (Phi) is 12.6. The average Bonchev–Trinajstić information content (AvgIpc) is 3.17. The van der Waals surface area contributed by atoms with Gasteiger partial charge in [0.05, 0.1) is 26.9 Å². The van der Waals surface area contributed by atoms with E-state index in [9.17, 15) is 71.2 Å². The van der Waals surface area contributed by atoms with Gasteiger partial charge < -0.3 is 104 Å². The first kappa shape index (κ1) is 41.7. The molecule has 6 rings (SSSR count). The van der Waals surface area contributed by atoms with Crippen LogP contribution in [0.4, 0.5) is 0 Å². The van der Waals surface area contributed by atoms with Crippen LogP contribution in [0, 0.1) is 0 Å². The van der Waals surface area contributed by atoms with Crippen LogP contribution in [0.3, 0.4) is 0 Å². The summed E-state index contributed by atoms with van der Waals surface area (Å²) in [5.74, 6) is -2.53. The second-order valence-electron chi connectivity index (χ2n) is 13.3. The summed E-state index contributed by atoms with van der Waals surface area (Å²) >= 11 is 0. The van der Waals surface area contributed by atoms with Gasteiger partial charge in [0.25, 0.3) is 0 Å². The van der Waals surface area contributed by atoms with Crippen LogP contribution in [0.5, 0.6) is 28.7 Å². The van der Waals surface area contributed by atoms with E-state index in [-0.39, 0.29) is 33.8 Å². The van der Waals surface area contributed by atoms with Gasteiger partial charge >= 0.3 is 0 Å². The number of aromatic hydroxyl groups is 2. The molecule has 0 radical (unpaired) electrons. The van der Waals surface area contributed by atoms with Crippen LogP contribution >= 0.6 is 0 Å². The molecule has 4 heterocycles. The molecule has 0 aliphatic carbocycles. The molecule has 13 N–H and O–H groups in total. The molecule has 15 atom stereocenters. The maximum absolute atomic E-state index is 13.5. The van der Waals surface area contributed by atoms with E-state index >= 15 is 0 Å². The van der Waals surface area contributed by atoms with Gasteiger partial charge in [-0.2, -0.15) is 0 Å². The maximum Gasteiger partial charge on any atom is 0.239 e. The summed E-state index contributed by atoms with van der Waals surface area (Å²) in [5.41, 5.74) is -1.15. The minimum absolute atomic E-state index is 0.0238. The SMILES string of the molecule is COc1c(-c2ccc(O[C@H]3O[C@H](CO)[C@@H](O)[C@H](O)[C@H]3O)c(O)c2)oc2cc(O[C@@H]3O[C@H](CO[C@@H]4O[C@H](CO)[C@@H](O)[C@H](O)[C@H]4O)[C@@H](O)[C@H](O)[C@H]3O)cc(O)c2c1=O. The summed E-state index contributed by atoms with van der Waals surface area (Å²) in [7, 11) is 1.14. The lowest BCUT2D eigenvalue weighted by Crippen LogP contribution is -2.62. The molecule has 0 unspecified atom stereocenters. The van der Waals surface area contributed by atoms with Gasteiger partial charge in [-0.3, -0.25) is 4.79 Å². The molecule has 0 bridgehead atoms. The van der Waals surface area contributed by atoms with E-state index in [0.717, 1.165) is 25.3 Å². The van der Waals surface area contributed by atoms with Gasteiger partial charge in [-0.05, 0) is 18.2 Å². The van der Waals surface area contributed by atoms with E-state index < -0.39 is 135 Å². The van der Waals surface area contributed by atoms with E-state index in [1.807, 2.05) is 0 Å². The fraction of sp³-hybridized carbons (Fsp3) is 0.559. The van der Waals surface area contributed by atoms with Gasteiger partial charge in [-0.25, -0.2) is 0 Å². The monoisotopic (exact) mass is 802 g/mol. The van der Waals surface area contributed by atoms with Crippen LogP contribution in [0.1, 0.15) is 0 Å². The van der Waals surface area contributed by atoms with Crippen molar-refractivity contribution in [2.24, 2.45) is 0 Å². The van der Waals surface area contributed by atoms with Crippen molar-refractivity contribution in [1.82, 2.24) is 0 Å². The highest BCUT2D eigenvalue weighted by Crippen LogP contribution is 2.40. The number of benzene rings is 2. The van der Waals surface area contributed by atoms with Crippen molar-refractivity contribution in [2.45, 2.75) is 92.1 Å². The lowest BCUT2D eigenvalue weighted by molar-refractivity contribution is -0.323. The van der Waals surface area contributed by atoms with Crippen LogP contribution in [-0.4, -0.2) is 185 Å². The van der Waals surface area contributed by atoms with Crippen LogP contribution < -0.4 is 19.6 Å². The van der Waals surface area contributed by atoms with E-state index in [1.54, 1.807) is 0 Å². The quantitative estimate of drug-likeness (QED) is 0.0863. The van der Waals surface area contributed by atoms with Crippen molar-refractivity contribution in [3.05, 3.63) is 40.6 Å². The molecule has 3 aromatic rings. The number of phenolic OH excluding ortho intramolecular Hbond substituents is 2. The number of fused-ring (bicyclic) bond motifs is 1. The fourth-order valence-corrected chi connectivity index (χ4v) is 6.43. The Morgan fingerprint density at radius 3 is 1.73 bits per heavy atom. The summed E-state index contributed by atoms with van der Waals surface area (Å²) in [4.78, 5) is 13.5. The first-order valence-electron chi connectivity index (χ1n) is 17.1. The molecule has 0 amide bonds. The van der Waals surface area contributed by atoms with Gasteiger partial charge in [0.1, 0.15) is 95.7 Å². The van der Waals surface area contributed by atoms with Crippen LogP contribution in [0.25, 0.3) is 22.3 Å². The molecule has 2 aromatic carbocycles. The molecule has 3 aliphatic heterocycles. The van der Waals surface area contributed by atoms with Crippen LogP contribution in [-0.2, 0) is 18.9 Å². The van der Waals surface area contributed by atoms with Gasteiger partial charge in [-0.1, -0.05) is 0 Å². The number of hydrogen-bond donors (Lipinski definition) is 13. The van der Waals surface area contributed by atoms with E-state index in [0.29, 0.717) is 0 Å². The molecule has 0 spiro atoms. The Labute approximate surface area is 314 Å². The molecule has 3 aliphatic rings. The van der Waals surface area contributed by atoms with Gasteiger partial charge in [0.15, 0.2) is 23.5 Å². The highest BCUT2D eigenvalue weighted by atomic mass is 16.7. The third-order valence-electron chi connectivity index (χ3n) is 9.62. The van der Waals surface area contributed by atoms with Crippen LogP contribution in [0.2, 0.25) is 0 Å². The van der Waals surface area contributed by atoms with Crippen molar-refractivity contribution >= 4 is 11.0 Å². The van der Waals surface area contributed by atoms with Crippen molar-refractivity contribution in [3.8, 4) is 40.1 Å². The fourth-order valence-electron chi connectivity index (χ4n) is 6.43. The van der Waals surface area contributed by atoms with E-state index in [4.69, 9.17) is 37.6 Å². The molecule has 3 saturated heterocycles. The Bertz CT molecular complexity index is 1880. The largest absolute Gasteiger partial charge is 0.507 e. The Morgan fingerprint density at radius 2 is 1.16 bits per heavy atom. The number of aliphatic hydroxyl groups is 11. The second-order valence-corrected chi connectivity index (χ2v) is 13.3. The Balaban J connectivity index is 1.23. The predicted molar refractivity (Wildman–Crippen MR) is 179 cm³/mol. The zero-order chi connectivity index (χ0) is 40.7. The van der Waals surface area contributed by atoms with Crippen molar-refractivity contribution in [2.75, 3.05) is 26.9 Å². The minimum Gasteiger partial charge on any atom is -0.507 e. The summed E-state index contributed by atoms with van der Waals surface area (Å²) in [6.45, 7) is -2.10. The minimum atomic E-state index is -1.91. The Hall–Kier alpha value is -3.95. The first-order chi connectivity index (χ1) is 26.6. The highest BCUT2D eigenvalue weighted by Gasteiger charge is 2.48. The number of phenols is 2. The first-order valence-corrected chi connectivity index (χ1v) is 17.1. The smallest absolute Gasteiger partial charge is 0.239 e. The zero-order valence-electron chi connectivity index (χ0n) is 29.2. The number of rotatable bonds is 11. The van der Waals surface area contributed by atoms with Gasteiger partial charge in [0, 0.05) is 17.7 Å². The number of methoxy groups -OCH3 is 1. The number of hydrogen-bond acceptors (Lipinski definition) is 22. The molecule has 22 nitrogen and oxygen atoms in total. The third-order valence-corrected chi connectivity index (χ3v) is 9.62. The normalized spacial score (nSPS) is 36.3. The molecule has 0 saturated carbocycles. The number of aliphatic hydroxyl groups excluding tert-OH is 11. The Morgan fingerprint density at radius 1 is 0.625 bits per heavy atom. The molecule has 56 heavy (non-hydrogen) atoms. The average molecular weight is 803 g/mol. The summed E-state index contributed by atoms with van der Waals surface area (Å²) in [5, 5.41) is 133. The van der Waals surface area contributed by atoms with Gasteiger partial charge in [-0.15, -0.1) is 0 Å². The molecule has 310 valence electrons. The topological polar surface area (TPSA) is 358 Å². The molecule has 3 fully saturated rings. The van der Waals surface area contributed by atoms with E-state index in [2.05, 4.69) is 0 Å². The van der Waals surface area contributed by atoms with Gasteiger partial charge in [0.2, 0.25) is 23.8 Å². The second kappa shape index (κ2) is 16.9. The highest BCUT2D eigenvalue weighted by molar-refractivity contribution is 5.88. The van der Waals surface area contributed by atoms with Crippen molar-refractivity contribution in [3.63, 3.8) is 0 Å². The van der Waals surface area contributed by atoms with Crippen molar-refractivity contribution < 1.29 is 104 Å².